The number of carbonyl (C=O) groups is 1. The van der Waals surface area contributed by atoms with Gasteiger partial charge >= 0.3 is 0 Å². The van der Waals surface area contributed by atoms with Crippen molar-refractivity contribution in [3.05, 3.63) is 28.9 Å². The highest BCUT2D eigenvalue weighted by molar-refractivity contribution is 7.15. The molecule has 4 heterocycles. The lowest BCUT2D eigenvalue weighted by Crippen LogP contribution is -2.48. The fourth-order valence-corrected chi connectivity index (χ4v) is 4.89. The molecule has 4 rings (SSSR count). The van der Waals surface area contributed by atoms with E-state index in [4.69, 9.17) is 9.72 Å². The molecule has 1 amide bonds. The Morgan fingerprint density at radius 2 is 2.06 bits per heavy atom. The molecule has 0 saturated carbocycles. The van der Waals surface area contributed by atoms with Crippen molar-refractivity contribution in [2.24, 2.45) is 5.92 Å². The van der Waals surface area contributed by atoms with Crippen LogP contribution in [-0.2, 0) is 16.0 Å². The third-order valence-electron chi connectivity index (χ3n) is 6.09. The fraction of sp³-hybridized carbons (Fsp3) is 0.636. The average molecular weight is 445 g/mol. The third-order valence-corrected chi connectivity index (χ3v) is 7.08. The number of pyridine rings is 1. The molecule has 1 unspecified atom stereocenters. The number of hydrogen-bond donors (Lipinski definition) is 1. The minimum atomic E-state index is -0.212. The molecule has 0 spiro atoms. The minimum absolute atomic E-state index is 0.125. The van der Waals surface area contributed by atoms with Crippen molar-refractivity contribution in [2.45, 2.75) is 52.2 Å². The van der Waals surface area contributed by atoms with Gasteiger partial charge in [0.05, 0.1) is 18.8 Å². The second kappa shape index (κ2) is 10.0. The van der Waals surface area contributed by atoms with Gasteiger partial charge in [0, 0.05) is 18.5 Å². The fourth-order valence-electron chi connectivity index (χ4n) is 4.21. The highest BCUT2D eigenvalue weighted by Gasteiger charge is 2.33. The Labute approximate surface area is 188 Å². The first-order valence-electron chi connectivity index (χ1n) is 11.2. The Morgan fingerprint density at radius 3 is 2.77 bits per heavy atom. The van der Waals surface area contributed by atoms with E-state index in [1.54, 1.807) is 0 Å². The lowest BCUT2D eigenvalue weighted by atomic mass is 9.94. The van der Waals surface area contributed by atoms with E-state index in [-0.39, 0.29) is 17.9 Å². The van der Waals surface area contributed by atoms with Crippen LogP contribution in [0, 0.1) is 5.92 Å². The first kappa shape index (κ1) is 22.1. The maximum atomic E-state index is 13.2. The highest BCUT2D eigenvalue weighted by atomic mass is 32.1. The molecule has 168 valence electrons. The molecule has 1 N–H and O–H groups in total. The normalized spacial score (nSPS) is 20.9. The summed E-state index contributed by atoms with van der Waals surface area (Å²) in [6, 6.07) is 6.37. The van der Waals surface area contributed by atoms with Gasteiger partial charge in [0.15, 0.2) is 0 Å². The average Bonchev–Trinajstić information content (AvgIpc) is 3.26. The number of hydrogen-bond acceptors (Lipinski definition) is 8. The van der Waals surface area contributed by atoms with Gasteiger partial charge in [-0.1, -0.05) is 24.3 Å². The van der Waals surface area contributed by atoms with E-state index in [0.717, 1.165) is 48.2 Å². The van der Waals surface area contributed by atoms with Crippen LogP contribution in [0.4, 0.5) is 10.9 Å². The van der Waals surface area contributed by atoms with Crippen molar-refractivity contribution >= 4 is 28.2 Å². The molecular weight excluding hydrogens is 412 g/mol. The summed E-state index contributed by atoms with van der Waals surface area (Å²) >= 11 is 1.53. The first-order chi connectivity index (χ1) is 15.0. The molecule has 8 nitrogen and oxygen atoms in total. The van der Waals surface area contributed by atoms with Crippen LogP contribution in [0.3, 0.4) is 0 Å². The lowest BCUT2D eigenvalue weighted by molar-refractivity contribution is -0.145. The molecule has 2 aromatic rings. The molecule has 2 aromatic heterocycles. The largest absolute Gasteiger partial charge is 0.368 e. The second-order valence-corrected chi connectivity index (χ2v) is 9.54. The smallest absolute Gasteiger partial charge is 0.225 e. The van der Waals surface area contributed by atoms with E-state index in [1.165, 1.54) is 11.3 Å². The maximum Gasteiger partial charge on any atom is 0.225 e. The number of piperidine rings is 1. The van der Waals surface area contributed by atoms with Crippen molar-refractivity contribution in [3.8, 4) is 0 Å². The van der Waals surface area contributed by atoms with Crippen LogP contribution in [0.1, 0.15) is 50.4 Å². The standard InChI is InChI=1S/C22H32N6O2S/c1-4-20-25-26-22(31-20)24-19-7-5-6-17(23-19)18-14-28(12-13-30-18)21(29)16-8-10-27(11-9-16)15(2)3/h5-7,15-16,18H,4,8-14H2,1-3H3,(H,23,24,26). The summed E-state index contributed by atoms with van der Waals surface area (Å²) in [6.07, 6.45) is 2.54. The summed E-state index contributed by atoms with van der Waals surface area (Å²) < 4.78 is 5.99. The number of carbonyl (C=O) groups excluding carboxylic acids is 1. The van der Waals surface area contributed by atoms with E-state index in [0.29, 0.717) is 31.6 Å². The Bertz CT molecular complexity index is 880. The molecule has 0 aromatic carbocycles. The van der Waals surface area contributed by atoms with Crippen LogP contribution in [0.5, 0.6) is 0 Å². The van der Waals surface area contributed by atoms with E-state index in [1.807, 2.05) is 23.1 Å². The molecule has 2 fully saturated rings. The van der Waals surface area contributed by atoms with Gasteiger partial charge < -0.3 is 19.9 Å². The quantitative estimate of drug-likeness (QED) is 0.732. The van der Waals surface area contributed by atoms with Gasteiger partial charge in [0.2, 0.25) is 11.0 Å². The SMILES string of the molecule is CCc1nnc(Nc2cccc(C3CN(C(=O)C4CCN(C(C)C)CC4)CCO3)n2)s1. The van der Waals surface area contributed by atoms with Crippen molar-refractivity contribution in [3.63, 3.8) is 0 Å². The number of morpholine rings is 1. The third kappa shape index (κ3) is 5.39. The van der Waals surface area contributed by atoms with Gasteiger partial charge in [-0.25, -0.2) is 4.98 Å². The van der Waals surface area contributed by atoms with Crippen LogP contribution >= 0.6 is 11.3 Å². The van der Waals surface area contributed by atoms with Crippen LogP contribution in [0.25, 0.3) is 0 Å². The Hall–Kier alpha value is -2.10. The first-order valence-corrected chi connectivity index (χ1v) is 12.1. The van der Waals surface area contributed by atoms with Crippen LogP contribution in [0.2, 0.25) is 0 Å². The summed E-state index contributed by atoms with van der Waals surface area (Å²) in [5.74, 6) is 1.11. The molecule has 0 radical (unpaired) electrons. The zero-order valence-electron chi connectivity index (χ0n) is 18.6. The lowest BCUT2D eigenvalue weighted by Gasteiger charge is -2.38. The maximum absolute atomic E-state index is 13.2. The van der Waals surface area contributed by atoms with Crippen LogP contribution < -0.4 is 5.32 Å². The molecule has 2 saturated heterocycles. The number of nitrogens with one attached hydrogen (secondary N) is 1. The van der Waals surface area contributed by atoms with Gasteiger partial charge in [-0.05, 0) is 58.3 Å². The number of aryl methyl sites for hydroxylation is 1. The summed E-state index contributed by atoms with van der Waals surface area (Å²) in [5.41, 5.74) is 0.831. The van der Waals surface area contributed by atoms with E-state index >= 15 is 0 Å². The van der Waals surface area contributed by atoms with Crippen LogP contribution in [-0.4, -0.2) is 69.7 Å². The van der Waals surface area contributed by atoms with Gasteiger partial charge in [-0.3, -0.25) is 4.79 Å². The monoisotopic (exact) mass is 444 g/mol. The van der Waals surface area contributed by atoms with Crippen molar-refractivity contribution in [1.82, 2.24) is 25.0 Å². The molecule has 0 aliphatic carbocycles. The summed E-state index contributed by atoms with van der Waals surface area (Å²) in [5, 5.41) is 13.2. The molecule has 0 bridgehead atoms. The molecule has 1 atom stereocenters. The molecule has 31 heavy (non-hydrogen) atoms. The molecule has 2 aliphatic heterocycles. The van der Waals surface area contributed by atoms with E-state index in [2.05, 4.69) is 41.2 Å². The Balaban J connectivity index is 1.37. The Morgan fingerprint density at radius 1 is 1.26 bits per heavy atom. The van der Waals surface area contributed by atoms with Crippen molar-refractivity contribution in [1.29, 1.82) is 0 Å². The van der Waals surface area contributed by atoms with Crippen molar-refractivity contribution < 1.29 is 9.53 Å². The van der Waals surface area contributed by atoms with Gasteiger partial charge in [-0.15, -0.1) is 10.2 Å². The molecule has 9 heteroatoms. The number of amides is 1. The number of ether oxygens (including phenoxy) is 1. The van der Waals surface area contributed by atoms with Gasteiger partial charge in [0.25, 0.3) is 0 Å². The number of nitrogens with zero attached hydrogens (tertiary/aromatic N) is 5. The number of rotatable bonds is 6. The minimum Gasteiger partial charge on any atom is -0.368 e. The predicted molar refractivity (Wildman–Crippen MR) is 122 cm³/mol. The zero-order chi connectivity index (χ0) is 21.8. The summed E-state index contributed by atoms with van der Waals surface area (Å²) in [6.45, 7) is 10.3. The zero-order valence-corrected chi connectivity index (χ0v) is 19.4. The summed E-state index contributed by atoms with van der Waals surface area (Å²) in [7, 11) is 0. The highest BCUT2D eigenvalue weighted by Crippen LogP contribution is 2.27. The van der Waals surface area contributed by atoms with Crippen LogP contribution in [0.15, 0.2) is 18.2 Å². The molecular formula is C22H32N6O2S. The van der Waals surface area contributed by atoms with Gasteiger partial charge in [-0.2, -0.15) is 0 Å². The van der Waals surface area contributed by atoms with Gasteiger partial charge in [0.1, 0.15) is 16.9 Å². The molecule has 2 aliphatic rings. The van der Waals surface area contributed by atoms with E-state index in [9.17, 15) is 4.79 Å². The topological polar surface area (TPSA) is 83.5 Å². The second-order valence-electron chi connectivity index (χ2n) is 8.47. The van der Waals surface area contributed by atoms with E-state index < -0.39 is 0 Å². The summed E-state index contributed by atoms with van der Waals surface area (Å²) in [4.78, 5) is 22.3. The number of likely N-dealkylation sites (tertiary alicyclic amines) is 1. The Kier molecular flexibility index (Phi) is 7.14. The van der Waals surface area contributed by atoms with Crippen molar-refractivity contribution in [2.75, 3.05) is 38.1 Å². The number of aromatic nitrogens is 3. The number of anilines is 2. The predicted octanol–water partition coefficient (Wildman–Crippen LogP) is 3.26.